The monoisotopic (exact) mass is 335 g/mol. The van der Waals surface area contributed by atoms with Crippen LogP contribution in [-0.2, 0) is 6.54 Å². The quantitative estimate of drug-likeness (QED) is 0.862. The first-order valence-corrected chi connectivity index (χ1v) is 7.65. The molecule has 4 nitrogen and oxygen atoms in total. The Hall–Kier alpha value is -1.33. The average Bonchev–Trinajstić information content (AvgIpc) is 2.85. The van der Waals surface area contributed by atoms with Crippen LogP contribution in [0, 0.1) is 6.92 Å². The number of benzene rings is 1. The van der Waals surface area contributed by atoms with Crippen LogP contribution in [0.5, 0.6) is 0 Å². The van der Waals surface area contributed by atoms with Gasteiger partial charge in [-0.15, -0.1) is 0 Å². The van der Waals surface area contributed by atoms with Crippen molar-refractivity contribution in [2.24, 2.45) is 0 Å². The average molecular weight is 336 g/mol. The first-order chi connectivity index (χ1) is 9.70. The predicted octanol–water partition coefficient (Wildman–Crippen LogP) is 3.07. The van der Waals surface area contributed by atoms with Gasteiger partial charge >= 0.3 is 0 Å². The van der Waals surface area contributed by atoms with E-state index in [4.69, 9.17) is 4.52 Å². The van der Waals surface area contributed by atoms with Crippen molar-refractivity contribution in [2.45, 2.75) is 13.5 Å². The largest absolute Gasteiger partial charge is 0.369 e. The number of aromatic nitrogens is 1. The van der Waals surface area contributed by atoms with Gasteiger partial charge in [-0.3, -0.25) is 4.90 Å². The molecule has 1 aliphatic heterocycles. The van der Waals surface area contributed by atoms with Crippen LogP contribution in [0.3, 0.4) is 0 Å². The van der Waals surface area contributed by atoms with E-state index in [-0.39, 0.29) is 0 Å². The summed E-state index contributed by atoms with van der Waals surface area (Å²) in [7, 11) is 0. The Kier molecular flexibility index (Phi) is 4.08. The van der Waals surface area contributed by atoms with Gasteiger partial charge in [-0.05, 0) is 25.1 Å². The highest BCUT2D eigenvalue weighted by atomic mass is 79.9. The lowest BCUT2D eigenvalue weighted by Crippen LogP contribution is -2.45. The Labute approximate surface area is 127 Å². The fourth-order valence-electron chi connectivity index (χ4n) is 2.55. The van der Waals surface area contributed by atoms with Gasteiger partial charge in [0.2, 0.25) is 0 Å². The lowest BCUT2D eigenvalue weighted by molar-refractivity contribution is 0.219. The first-order valence-electron chi connectivity index (χ1n) is 6.86. The molecule has 0 radical (unpaired) electrons. The smallest absolute Gasteiger partial charge is 0.150 e. The molecule has 1 aromatic carbocycles. The van der Waals surface area contributed by atoms with Crippen molar-refractivity contribution in [1.29, 1.82) is 0 Å². The minimum absolute atomic E-state index is 0.854. The standard InChI is InChI=1S/C15H18BrN3O/c1-12-9-15(20-17-12)11-18-5-7-19(8-6-18)14-4-2-3-13(16)10-14/h2-4,9-10H,5-8,11H2,1H3. The molecule has 0 amide bonds. The van der Waals surface area contributed by atoms with Gasteiger partial charge in [-0.2, -0.15) is 0 Å². The highest BCUT2D eigenvalue weighted by Crippen LogP contribution is 2.21. The molecule has 0 bridgehead atoms. The van der Waals surface area contributed by atoms with Crippen molar-refractivity contribution in [3.63, 3.8) is 0 Å². The van der Waals surface area contributed by atoms with Crippen LogP contribution < -0.4 is 4.90 Å². The second-order valence-electron chi connectivity index (χ2n) is 5.18. The third-order valence-electron chi connectivity index (χ3n) is 3.60. The summed E-state index contributed by atoms with van der Waals surface area (Å²) in [6.07, 6.45) is 0. The van der Waals surface area contributed by atoms with E-state index < -0.39 is 0 Å². The number of hydrogen-bond acceptors (Lipinski definition) is 4. The van der Waals surface area contributed by atoms with E-state index >= 15 is 0 Å². The summed E-state index contributed by atoms with van der Waals surface area (Å²) in [5, 5.41) is 3.94. The summed E-state index contributed by atoms with van der Waals surface area (Å²) in [6, 6.07) is 10.5. The summed E-state index contributed by atoms with van der Waals surface area (Å²) in [4.78, 5) is 4.83. The van der Waals surface area contributed by atoms with E-state index in [1.165, 1.54) is 5.69 Å². The van der Waals surface area contributed by atoms with Crippen LogP contribution in [0.4, 0.5) is 5.69 Å². The van der Waals surface area contributed by atoms with E-state index in [0.29, 0.717) is 0 Å². The Morgan fingerprint density at radius 3 is 2.65 bits per heavy atom. The summed E-state index contributed by atoms with van der Waals surface area (Å²) >= 11 is 3.53. The molecule has 5 heteroatoms. The Morgan fingerprint density at radius 2 is 2.00 bits per heavy atom. The Morgan fingerprint density at radius 1 is 1.20 bits per heavy atom. The highest BCUT2D eigenvalue weighted by Gasteiger charge is 2.18. The van der Waals surface area contributed by atoms with Crippen LogP contribution in [0.1, 0.15) is 11.5 Å². The van der Waals surface area contributed by atoms with Crippen LogP contribution in [0.2, 0.25) is 0 Å². The van der Waals surface area contributed by atoms with Gasteiger partial charge in [-0.25, -0.2) is 0 Å². The second-order valence-corrected chi connectivity index (χ2v) is 6.09. The molecule has 1 aromatic heterocycles. The number of hydrogen-bond donors (Lipinski definition) is 0. The van der Waals surface area contributed by atoms with Crippen molar-refractivity contribution in [1.82, 2.24) is 10.1 Å². The van der Waals surface area contributed by atoms with Gasteiger partial charge in [0.15, 0.2) is 5.76 Å². The van der Waals surface area contributed by atoms with Crippen molar-refractivity contribution in [3.8, 4) is 0 Å². The third-order valence-corrected chi connectivity index (χ3v) is 4.10. The van der Waals surface area contributed by atoms with Crippen molar-refractivity contribution < 1.29 is 4.52 Å². The zero-order chi connectivity index (χ0) is 13.9. The van der Waals surface area contributed by atoms with Crippen molar-refractivity contribution in [2.75, 3.05) is 31.1 Å². The molecule has 2 aromatic rings. The van der Waals surface area contributed by atoms with Crippen LogP contribution in [-0.4, -0.2) is 36.2 Å². The minimum atomic E-state index is 0.854. The second kappa shape index (κ2) is 5.97. The van der Waals surface area contributed by atoms with E-state index in [0.717, 1.165) is 48.7 Å². The molecule has 0 spiro atoms. The molecule has 106 valence electrons. The lowest BCUT2D eigenvalue weighted by Gasteiger charge is -2.35. The molecule has 0 saturated carbocycles. The molecule has 0 N–H and O–H groups in total. The molecule has 0 unspecified atom stereocenters. The number of aryl methyl sites for hydroxylation is 1. The summed E-state index contributed by atoms with van der Waals surface area (Å²) in [6.45, 7) is 7.00. The number of nitrogens with zero attached hydrogens (tertiary/aromatic N) is 3. The van der Waals surface area contributed by atoms with Crippen LogP contribution in [0.15, 0.2) is 39.3 Å². The molecule has 1 aliphatic rings. The Balaban J connectivity index is 1.57. The third kappa shape index (κ3) is 3.22. The van der Waals surface area contributed by atoms with E-state index in [1.54, 1.807) is 0 Å². The van der Waals surface area contributed by atoms with Crippen LogP contribution >= 0.6 is 15.9 Å². The number of halogens is 1. The van der Waals surface area contributed by atoms with Gasteiger partial charge in [0.1, 0.15) is 0 Å². The number of anilines is 1. The number of piperazine rings is 1. The maximum atomic E-state index is 5.28. The first kappa shape index (κ1) is 13.6. The van der Waals surface area contributed by atoms with Gasteiger partial charge in [0, 0.05) is 42.4 Å². The molecule has 3 rings (SSSR count). The van der Waals surface area contributed by atoms with Crippen molar-refractivity contribution in [3.05, 3.63) is 46.3 Å². The molecule has 0 atom stereocenters. The molecule has 1 saturated heterocycles. The van der Waals surface area contributed by atoms with Gasteiger partial charge < -0.3 is 9.42 Å². The molecule has 0 aliphatic carbocycles. The van der Waals surface area contributed by atoms with Crippen molar-refractivity contribution >= 4 is 21.6 Å². The van der Waals surface area contributed by atoms with Gasteiger partial charge in [0.25, 0.3) is 0 Å². The van der Waals surface area contributed by atoms with E-state index in [1.807, 2.05) is 13.0 Å². The fraction of sp³-hybridized carbons (Fsp3) is 0.400. The van der Waals surface area contributed by atoms with Gasteiger partial charge in [0.05, 0.1) is 12.2 Å². The maximum absolute atomic E-state index is 5.28. The summed E-state index contributed by atoms with van der Waals surface area (Å²) in [5.74, 6) is 0.957. The normalized spacial score (nSPS) is 16.6. The summed E-state index contributed by atoms with van der Waals surface area (Å²) < 4.78 is 6.42. The zero-order valence-electron chi connectivity index (χ0n) is 11.6. The fourth-order valence-corrected chi connectivity index (χ4v) is 2.94. The van der Waals surface area contributed by atoms with E-state index in [9.17, 15) is 0 Å². The molecule has 20 heavy (non-hydrogen) atoms. The predicted molar refractivity (Wildman–Crippen MR) is 82.9 cm³/mol. The molecule has 2 heterocycles. The molecular weight excluding hydrogens is 318 g/mol. The topological polar surface area (TPSA) is 32.5 Å². The highest BCUT2D eigenvalue weighted by molar-refractivity contribution is 9.10. The summed E-state index contributed by atoms with van der Waals surface area (Å²) in [5.41, 5.74) is 2.24. The number of rotatable bonds is 3. The zero-order valence-corrected chi connectivity index (χ0v) is 13.1. The maximum Gasteiger partial charge on any atom is 0.150 e. The Bertz CT molecular complexity index is 576. The minimum Gasteiger partial charge on any atom is -0.369 e. The molecular formula is C15H18BrN3O. The van der Waals surface area contributed by atoms with Gasteiger partial charge in [-0.1, -0.05) is 27.2 Å². The lowest BCUT2D eigenvalue weighted by atomic mass is 10.2. The molecule has 1 fully saturated rings. The van der Waals surface area contributed by atoms with Crippen LogP contribution in [0.25, 0.3) is 0 Å². The SMILES string of the molecule is Cc1cc(CN2CCN(c3cccc(Br)c3)CC2)on1. The van der Waals surface area contributed by atoms with E-state index in [2.05, 4.69) is 55.2 Å².